The first-order valence-electron chi connectivity index (χ1n) is 7.25. The SMILES string of the molecule is CCCCCCCCCCC(C)[NH2+]CCO.[Cl-]. The lowest BCUT2D eigenvalue weighted by Crippen LogP contribution is -3.00. The molecule has 0 radical (unpaired) electrons. The topological polar surface area (TPSA) is 36.8 Å². The summed E-state index contributed by atoms with van der Waals surface area (Å²) in [7, 11) is 0. The second-order valence-corrected chi connectivity index (χ2v) is 4.99. The van der Waals surface area contributed by atoms with E-state index < -0.39 is 0 Å². The van der Waals surface area contributed by atoms with Gasteiger partial charge in [-0.05, 0) is 19.8 Å². The van der Waals surface area contributed by atoms with E-state index in [2.05, 4.69) is 19.2 Å². The molecule has 0 aliphatic carbocycles. The van der Waals surface area contributed by atoms with E-state index in [0.29, 0.717) is 12.6 Å². The number of aliphatic hydroxyl groups is 1. The van der Waals surface area contributed by atoms with E-state index in [1.165, 1.54) is 57.8 Å². The van der Waals surface area contributed by atoms with Crippen molar-refractivity contribution in [3.63, 3.8) is 0 Å². The quantitative estimate of drug-likeness (QED) is 0.457. The van der Waals surface area contributed by atoms with Crippen molar-refractivity contribution in [3.05, 3.63) is 0 Å². The van der Waals surface area contributed by atoms with Crippen LogP contribution in [0.3, 0.4) is 0 Å². The summed E-state index contributed by atoms with van der Waals surface area (Å²) in [6.45, 7) is 5.70. The number of hydrogen-bond acceptors (Lipinski definition) is 1. The molecule has 0 saturated carbocycles. The Morgan fingerprint density at radius 2 is 1.47 bits per heavy atom. The molecule has 0 amide bonds. The number of unbranched alkanes of at least 4 members (excludes halogenated alkanes) is 7. The van der Waals surface area contributed by atoms with Gasteiger partial charge in [0, 0.05) is 0 Å². The zero-order chi connectivity index (χ0) is 12.1. The highest BCUT2D eigenvalue weighted by molar-refractivity contribution is 4.50. The second kappa shape index (κ2) is 16.2. The van der Waals surface area contributed by atoms with Crippen molar-refractivity contribution >= 4 is 0 Å². The van der Waals surface area contributed by atoms with Crippen LogP contribution in [-0.4, -0.2) is 24.3 Å². The molecule has 0 aliphatic rings. The fraction of sp³-hybridized carbons (Fsp3) is 1.00. The van der Waals surface area contributed by atoms with Gasteiger partial charge in [0.1, 0.15) is 0 Å². The molecular weight excluding hydrogens is 234 g/mol. The number of quaternary nitrogens is 1. The number of rotatable bonds is 12. The molecule has 1 atom stereocenters. The first-order chi connectivity index (χ1) is 7.81. The van der Waals surface area contributed by atoms with Gasteiger partial charge in [-0.15, -0.1) is 0 Å². The predicted octanol–water partition coefficient (Wildman–Crippen LogP) is -0.535. The number of nitrogens with two attached hydrogens (primary N) is 1. The van der Waals surface area contributed by atoms with Crippen LogP contribution in [0, 0.1) is 0 Å². The smallest absolute Gasteiger partial charge is 0.0992 e. The number of hydrogen-bond donors (Lipinski definition) is 2. The van der Waals surface area contributed by atoms with Gasteiger partial charge in [0.25, 0.3) is 0 Å². The van der Waals surface area contributed by atoms with Crippen molar-refractivity contribution < 1.29 is 22.8 Å². The third-order valence-electron chi connectivity index (χ3n) is 3.21. The fourth-order valence-electron chi connectivity index (χ4n) is 2.08. The van der Waals surface area contributed by atoms with Gasteiger partial charge in [0.2, 0.25) is 0 Å². The lowest BCUT2D eigenvalue weighted by Gasteiger charge is -2.09. The Hall–Kier alpha value is 0.210. The van der Waals surface area contributed by atoms with Crippen LogP contribution < -0.4 is 17.7 Å². The standard InChI is InChI=1S/C14H31NO.ClH/c1-3-4-5-6-7-8-9-10-11-14(2)15-12-13-16;/h14-16H,3-13H2,1-2H3;1H. The lowest BCUT2D eigenvalue weighted by atomic mass is 10.1. The molecule has 0 spiro atoms. The molecule has 0 aromatic carbocycles. The Kier molecular flexibility index (Phi) is 18.6. The normalized spacial score (nSPS) is 12.2. The van der Waals surface area contributed by atoms with E-state index in [0.717, 1.165) is 6.54 Å². The summed E-state index contributed by atoms with van der Waals surface area (Å²) in [6.07, 6.45) is 12.5. The molecule has 0 saturated heterocycles. The molecular formula is C14H32ClNO. The minimum Gasteiger partial charge on any atom is -1.00 e. The first kappa shape index (κ1) is 19.5. The van der Waals surface area contributed by atoms with E-state index in [4.69, 9.17) is 5.11 Å². The van der Waals surface area contributed by atoms with E-state index in [1.807, 2.05) is 0 Å². The number of aliphatic hydroxyl groups excluding tert-OH is 1. The summed E-state index contributed by atoms with van der Waals surface area (Å²) < 4.78 is 0. The Morgan fingerprint density at radius 3 is 2.00 bits per heavy atom. The maximum atomic E-state index is 8.70. The molecule has 3 N–H and O–H groups in total. The van der Waals surface area contributed by atoms with E-state index >= 15 is 0 Å². The minimum atomic E-state index is 0. The zero-order valence-electron chi connectivity index (χ0n) is 11.8. The van der Waals surface area contributed by atoms with Crippen LogP contribution in [0.5, 0.6) is 0 Å². The molecule has 0 aromatic rings. The van der Waals surface area contributed by atoms with Crippen LogP contribution >= 0.6 is 0 Å². The van der Waals surface area contributed by atoms with Crippen LogP contribution in [0.1, 0.15) is 71.6 Å². The molecule has 17 heavy (non-hydrogen) atoms. The molecule has 0 rings (SSSR count). The molecule has 2 nitrogen and oxygen atoms in total. The zero-order valence-corrected chi connectivity index (χ0v) is 12.5. The Bertz CT molecular complexity index is 133. The largest absolute Gasteiger partial charge is 1.00 e. The molecule has 0 bridgehead atoms. The van der Waals surface area contributed by atoms with Crippen LogP contribution in [0.2, 0.25) is 0 Å². The Morgan fingerprint density at radius 1 is 0.941 bits per heavy atom. The highest BCUT2D eigenvalue weighted by Gasteiger charge is 2.02. The monoisotopic (exact) mass is 265 g/mol. The van der Waals surface area contributed by atoms with Crippen molar-refractivity contribution in [3.8, 4) is 0 Å². The first-order valence-corrected chi connectivity index (χ1v) is 7.25. The maximum Gasteiger partial charge on any atom is 0.0992 e. The molecule has 0 fully saturated rings. The predicted molar refractivity (Wildman–Crippen MR) is 70.6 cm³/mol. The van der Waals surface area contributed by atoms with Crippen molar-refractivity contribution in [2.24, 2.45) is 0 Å². The van der Waals surface area contributed by atoms with Crippen LogP contribution in [0.15, 0.2) is 0 Å². The summed E-state index contributed by atoms with van der Waals surface area (Å²) >= 11 is 0. The third kappa shape index (κ3) is 16.2. The third-order valence-corrected chi connectivity index (χ3v) is 3.21. The number of halogens is 1. The average Bonchev–Trinajstić information content (AvgIpc) is 2.30. The summed E-state index contributed by atoms with van der Waals surface area (Å²) in [6, 6.07) is 0.687. The maximum absolute atomic E-state index is 8.70. The van der Waals surface area contributed by atoms with Crippen LogP contribution in [0.4, 0.5) is 0 Å². The van der Waals surface area contributed by atoms with Gasteiger partial charge in [-0.3, -0.25) is 0 Å². The molecule has 106 valence electrons. The average molecular weight is 266 g/mol. The second-order valence-electron chi connectivity index (χ2n) is 4.99. The summed E-state index contributed by atoms with van der Waals surface area (Å²) in [4.78, 5) is 0. The Labute approximate surface area is 114 Å². The molecule has 0 aliphatic heterocycles. The molecule has 1 unspecified atom stereocenters. The summed E-state index contributed by atoms with van der Waals surface area (Å²) in [5, 5.41) is 10.9. The summed E-state index contributed by atoms with van der Waals surface area (Å²) in [5.74, 6) is 0. The van der Waals surface area contributed by atoms with Gasteiger partial charge in [-0.1, -0.05) is 51.9 Å². The summed E-state index contributed by atoms with van der Waals surface area (Å²) in [5.41, 5.74) is 0. The lowest BCUT2D eigenvalue weighted by molar-refractivity contribution is -0.687. The van der Waals surface area contributed by atoms with Gasteiger partial charge in [0.15, 0.2) is 0 Å². The molecule has 3 heteroatoms. The minimum absolute atomic E-state index is 0. The Balaban J connectivity index is 0. The van der Waals surface area contributed by atoms with Crippen molar-refractivity contribution in [2.45, 2.75) is 77.7 Å². The molecule has 0 aromatic heterocycles. The van der Waals surface area contributed by atoms with Gasteiger partial charge >= 0.3 is 0 Å². The van der Waals surface area contributed by atoms with Gasteiger partial charge < -0.3 is 22.8 Å². The van der Waals surface area contributed by atoms with Crippen molar-refractivity contribution in [1.29, 1.82) is 0 Å². The van der Waals surface area contributed by atoms with E-state index in [9.17, 15) is 0 Å². The fourth-order valence-corrected chi connectivity index (χ4v) is 2.08. The van der Waals surface area contributed by atoms with E-state index in [-0.39, 0.29) is 12.4 Å². The van der Waals surface area contributed by atoms with Crippen LogP contribution in [0.25, 0.3) is 0 Å². The van der Waals surface area contributed by atoms with E-state index in [1.54, 1.807) is 0 Å². The van der Waals surface area contributed by atoms with Gasteiger partial charge in [0.05, 0.1) is 19.2 Å². The van der Waals surface area contributed by atoms with Gasteiger partial charge in [-0.2, -0.15) is 0 Å². The van der Waals surface area contributed by atoms with Crippen LogP contribution in [-0.2, 0) is 0 Å². The van der Waals surface area contributed by atoms with Gasteiger partial charge in [-0.25, -0.2) is 0 Å². The van der Waals surface area contributed by atoms with Crippen molar-refractivity contribution in [1.82, 2.24) is 0 Å². The van der Waals surface area contributed by atoms with Crippen molar-refractivity contribution in [2.75, 3.05) is 13.2 Å². The highest BCUT2D eigenvalue weighted by Crippen LogP contribution is 2.09. The highest BCUT2D eigenvalue weighted by atomic mass is 35.5. The molecule has 0 heterocycles.